The lowest BCUT2D eigenvalue weighted by molar-refractivity contribution is 0.866. The largest absolute Gasteiger partial charge is 0.310 e. The summed E-state index contributed by atoms with van der Waals surface area (Å²) in [6.07, 6.45) is 0. The van der Waals surface area contributed by atoms with Crippen LogP contribution in [0.5, 0.6) is 0 Å². The second-order valence-corrected chi connectivity index (χ2v) is 13.0. The quantitative estimate of drug-likeness (QED) is 0.186. The molecule has 0 amide bonds. The number of hydrogen-bond donors (Lipinski definition) is 0. The molecule has 0 aromatic heterocycles. The van der Waals surface area contributed by atoms with Gasteiger partial charge in [-0.1, -0.05) is 124 Å². The van der Waals surface area contributed by atoms with Crippen LogP contribution >= 0.6 is 11.8 Å². The molecule has 0 saturated heterocycles. The molecule has 7 rings (SSSR count). The first-order valence-corrected chi connectivity index (χ1v) is 16.6. The average molecular weight is 605 g/mol. The van der Waals surface area contributed by atoms with E-state index in [1.54, 1.807) is 0 Å². The fourth-order valence-electron chi connectivity index (χ4n) is 5.62. The highest BCUT2D eigenvalue weighted by Crippen LogP contribution is 2.51. The Labute approximate surface area is 273 Å². The van der Waals surface area contributed by atoms with E-state index in [2.05, 4.69) is 195 Å². The molecule has 1 heterocycles. The van der Waals surface area contributed by atoms with Crippen LogP contribution in [0.15, 0.2) is 168 Å². The van der Waals surface area contributed by atoms with E-state index in [4.69, 9.17) is 0 Å². The minimum absolute atomic E-state index is 0.522. The molecule has 0 fully saturated rings. The summed E-state index contributed by atoms with van der Waals surface area (Å²) in [7, 11) is 0. The SMILES string of the molecule is CC(C)c1ccc(N2c3ccccc3Sc3ccccc32)cc1.CC(C)c1cccc(N(c2ccccc2)c2ccccc2)c1. The van der Waals surface area contributed by atoms with Crippen molar-refractivity contribution < 1.29 is 0 Å². The Morgan fingerprint density at radius 3 is 1.42 bits per heavy atom. The van der Waals surface area contributed by atoms with Gasteiger partial charge in [0.25, 0.3) is 0 Å². The van der Waals surface area contributed by atoms with Gasteiger partial charge >= 0.3 is 0 Å². The van der Waals surface area contributed by atoms with Gasteiger partial charge in [0, 0.05) is 32.5 Å². The van der Waals surface area contributed by atoms with E-state index in [0.717, 1.165) is 0 Å². The van der Waals surface area contributed by atoms with Gasteiger partial charge in [0.2, 0.25) is 0 Å². The number of rotatable bonds is 6. The first-order valence-electron chi connectivity index (χ1n) is 15.8. The van der Waals surface area contributed by atoms with Gasteiger partial charge in [-0.3, -0.25) is 0 Å². The predicted molar refractivity (Wildman–Crippen MR) is 195 cm³/mol. The van der Waals surface area contributed by atoms with E-state index in [1.807, 2.05) is 11.8 Å². The van der Waals surface area contributed by atoms with E-state index in [1.165, 1.54) is 55.0 Å². The van der Waals surface area contributed by atoms with Crippen LogP contribution in [0.3, 0.4) is 0 Å². The van der Waals surface area contributed by atoms with Crippen molar-refractivity contribution in [2.75, 3.05) is 9.80 Å². The molecule has 6 aromatic carbocycles. The molecule has 0 bridgehead atoms. The smallest absolute Gasteiger partial charge is 0.0601 e. The molecule has 0 unspecified atom stereocenters. The maximum atomic E-state index is 2.37. The summed E-state index contributed by atoms with van der Waals surface area (Å²) >= 11 is 1.85. The summed E-state index contributed by atoms with van der Waals surface area (Å²) in [5, 5.41) is 0. The van der Waals surface area contributed by atoms with E-state index in [-0.39, 0.29) is 0 Å². The van der Waals surface area contributed by atoms with Crippen molar-refractivity contribution in [3.8, 4) is 0 Å². The second kappa shape index (κ2) is 13.9. The second-order valence-electron chi connectivity index (χ2n) is 11.9. The lowest BCUT2D eigenvalue weighted by atomic mass is 10.0. The zero-order valence-corrected chi connectivity index (χ0v) is 27.3. The van der Waals surface area contributed by atoms with E-state index in [9.17, 15) is 0 Å². The van der Waals surface area contributed by atoms with E-state index < -0.39 is 0 Å². The first-order chi connectivity index (χ1) is 22.0. The molecular weight excluding hydrogens is 565 g/mol. The fourth-order valence-corrected chi connectivity index (χ4v) is 6.67. The maximum Gasteiger partial charge on any atom is 0.0601 e. The Hall–Kier alpha value is -4.73. The lowest BCUT2D eigenvalue weighted by Gasteiger charge is -2.33. The van der Waals surface area contributed by atoms with Gasteiger partial charge in [-0.25, -0.2) is 0 Å². The topological polar surface area (TPSA) is 6.48 Å². The monoisotopic (exact) mass is 604 g/mol. The van der Waals surface area contributed by atoms with Crippen LogP contribution in [-0.4, -0.2) is 0 Å². The Kier molecular flexibility index (Phi) is 9.38. The zero-order valence-electron chi connectivity index (χ0n) is 26.5. The van der Waals surface area contributed by atoms with Crippen LogP contribution in [0.4, 0.5) is 34.1 Å². The normalized spacial score (nSPS) is 11.8. The molecule has 6 aromatic rings. The summed E-state index contributed by atoms with van der Waals surface area (Å²) in [5.41, 5.74) is 10.0. The molecule has 0 saturated carbocycles. The minimum atomic E-state index is 0.522. The molecule has 0 radical (unpaired) electrons. The molecule has 1 aliphatic rings. The van der Waals surface area contributed by atoms with Gasteiger partial charge in [-0.05, 0) is 95.8 Å². The van der Waals surface area contributed by atoms with Crippen LogP contribution in [0.1, 0.15) is 50.7 Å². The van der Waals surface area contributed by atoms with Crippen molar-refractivity contribution in [2.45, 2.75) is 49.3 Å². The maximum absolute atomic E-state index is 2.37. The van der Waals surface area contributed by atoms with Gasteiger partial charge in [0.05, 0.1) is 11.4 Å². The van der Waals surface area contributed by atoms with Crippen molar-refractivity contribution in [2.24, 2.45) is 0 Å². The van der Waals surface area contributed by atoms with Crippen molar-refractivity contribution >= 4 is 45.9 Å². The molecule has 0 spiro atoms. The summed E-state index contributed by atoms with van der Waals surface area (Å²) in [6, 6.07) is 56.0. The van der Waals surface area contributed by atoms with Crippen LogP contribution in [0, 0.1) is 0 Å². The van der Waals surface area contributed by atoms with Gasteiger partial charge in [-0.15, -0.1) is 0 Å². The lowest BCUT2D eigenvalue weighted by Crippen LogP contribution is -2.14. The van der Waals surface area contributed by atoms with Crippen LogP contribution < -0.4 is 9.80 Å². The summed E-state index contributed by atoms with van der Waals surface area (Å²) in [6.45, 7) is 8.93. The highest BCUT2D eigenvalue weighted by atomic mass is 32.2. The molecular formula is C42H40N2S. The van der Waals surface area contributed by atoms with Crippen molar-refractivity contribution in [1.82, 2.24) is 0 Å². The third-order valence-electron chi connectivity index (χ3n) is 8.07. The van der Waals surface area contributed by atoms with Crippen molar-refractivity contribution in [3.63, 3.8) is 0 Å². The Balaban J connectivity index is 0.000000159. The van der Waals surface area contributed by atoms with Gasteiger partial charge in [0.15, 0.2) is 0 Å². The van der Waals surface area contributed by atoms with Crippen molar-refractivity contribution in [1.29, 1.82) is 0 Å². The number of benzene rings is 6. The molecule has 45 heavy (non-hydrogen) atoms. The summed E-state index contributed by atoms with van der Waals surface area (Å²) in [4.78, 5) is 7.27. The van der Waals surface area contributed by atoms with Gasteiger partial charge in [0.1, 0.15) is 0 Å². The van der Waals surface area contributed by atoms with E-state index >= 15 is 0 Å². The van der Waals surface area contributed by atoms with E-state index in [0.29, 0.717) is 11.8 Å². The van der Waals surface area contributed by atoms with Crippen molar-refractivity contribution in [3.05, 3.63) is 169 Å². The summed E-state index contributed by atoms with van der Waals surface area (Å²) < 4.78 is 0. The third kappa shape index (κ3) is 6.84. The summed E-state index contributed by atoms with van der Waals surface area (Å²) in [5.74, 6) is 1.08. The molecule has 0 N–H and O–H groups in total. The van der Waals surface area contributed by atoms with Crippen LogP contribution in [0.25, 0.3) is 0 Å². The highest BCUT2D eigenvalue weighted by Gasteiger charge is 2.24. The van der Waals surface area contributed by atoms with Gasteiger partial charge < -0.3 is 9.80 Å². The molecule has 0 aliphatic carbocycles. The standard InChI is InChI=1S/C21H19NS.C21H21N/c1-15(2)16-11-13-17(14-12-16)22-18-7-3-5-9-20(18)23-21-10-6-4-8-19(21)22;1-17(2)18-10-9-15-21(16-18)22(19-11-5-3-6-12-19)20-13-7-4-8-14-20/h3-15H,1-2H3;3-17H,1-2H3. The number of hydrogen-bond acceptors (Lipinski definition) is 3. The predicted octanol–water partition coefficient (Wildman–Crippen LogP) is 13.0. The van der Waals surface area contributed by atoms with Gasteiger partial charge in [-0.2, -0.15) is 0 Å². The van der Waals surface area contributed by atoms with Crippen LogP contribution in [0.2, 0.25) is 0 Å². The average Bonchev–Trinajstić information content (AvgIpc) is 3.09. The molecule has 1 aliphatic heterocycles. The zero-order chi connectivity index (χ0) is 31.2. The number of para-hydroxylation sites is 4. The van der Waals surface area contributed by atoms with Crippen LogP contribution in [-0.2, 0) is 0 Å². The fraction of sp³-hybridized carbons (Fsp3) is 0.143. The Morgan fingerprint density at radius 1 is 0.444 bits per heavy atom. The third-order valence-corrected chi connectivity index (χ3v) is 9.20. The Morgan fingerprint density at radius 2 is 0.911 bits per heavy atom. The molecule has 3 heteroatoms. The highest BCUT2D eigenvalue weighted by molar-refractivity contribution is 7.99. The molecule has 224 valence electrons. The number of fused-ring (bicyclic) bond motifs is 2. The molecule has 0 atom stereocenters. The minimum Gasteiger partial charge on any atom is -0.310 e. The number of anilines is 6. The molecule has 2 nitrogen and oxygen atoms in total. The Bertz CT molecular complexity index is 1740. The first kappa shape index (κ1) is 30.3. The number of nitrogens with zero attached hydrogens (tertiary/aromatic N) is 2.